The van der Waals surface area contributed by atoms with E-state index in [9.17, 15) is 4.79 Å². The average Bonchev–Trinajstić information content (AvgIpc) is 2.50. The van der Waals surface area contributed by atoms with Gasteiger partial charge in [-0.3, -0.25) is 4.79 Å². The molecule has 0 saturated carbocycles. The fraction of sp³-hybridized carbons (Fsp3) is 0.500. The Labute approximate surface area is 129 Å². The Balaban J connectivity index is 2.97. The highest BCUT2D eigenvalue weighted by molar-refractivity contribution is 6.91. The van der Waals surface area contributed by atoms with Crippen LogP contribution < -0.4 is 5.19 Å². The summed E-state index contributed by atoms with van der Waals surface area (Å²) in [6.07, 6.45) is 3.57. The van der Waals surface area contributed by atoms with Gasteiger partial charge in [0.25, 0.3) is 0 Å². The van der Waals surface area contributed by atoms with E-state index in [0.29, 0.717) is 6.42 Å². The molecule has 21 heavy (non-hydrogen) atoms. The molecule has 0 aliphatic carbocycles. The maximum atomic E-state index is 11.7. The second-order valence-corrected chi connectivity index (χ2v) is 10.6. The van der Waals surface area contributed by atoms with Crippen molar-refractivity contribution < 1.29 is 9.53 Å². The fourth-order valence-corrected chi connectivity index (χ4v) is 4.86. The van der Waals surface area contributed by atoms with Crippen LogP contribution in [0, 0.1) is 11.8 Å². The lowest BCUT2D eigenvalue weighted by Crippen LogP contribution is -2.46. The predicted octanol–water partition coefficient (Wildman–Crippen LogP) is 3.73. The zero-order valence-corrected chi connectivity index (χ0v) is 14.6. The van der Waals surface area contributed by atoms with Crippen LogP contribution in [0.2, 0.25) is 18.6 Å². The average molecular weight is 302 g/mol. The van der Waals surface area contributed by atoms with Crippen molar-refractivity contribution in [2.24, 2.45) is 0 Å². The van der Waals surface area contributed by atoms with Gasteiger partial charge in [0.1, 0.15) is 0 Å². The van der Waals surface area contributed by atoms with Gasteiger partial charge in [-0.2, -0.15) is 0 Å². The molecular weight excluding hydrogens is 276 g/mol. The number of hydrogen-bond acceptors (Lipinski definition) is 2. The van der Waals surface area contributed by atoms with Crippen molar-refractivity contribution in [2.75, 3.05) is 7.11 Å². The van der Waals surface area contributed by atoms with Gasteiger partial charge in [-0.05, 0) is 6.42 Å². The lowest BCUT2D eigenvalue weighted by Gasteiger charge is -2.28. The standard InChI is InChI=1S/C18H26O2Si/c1-5-6-7-9-14-17(15-18(19)20-2)21(3,4)16-12-10-8-11-13-16/h8,10-13,17H,5-7,15H2,1-4H3/t17-/m0/s1. The highest BCUT2D eigenvalue weighted by Gasteiger charge is 2.34. The smallest absolute Gasteiger partial charge is 0.306 e. The van der Waals surface area contributed by atoms with Crippen LogP contribution in [-0.2, 0) is 9.53 Å². The van der Waals surface area contributed by atoms with E-state index < -0.39 is 8.07 Å². The molecule has 0 heterocycles. The SMILES string of the molecule is CCCCC#C[C@@H](CC(=O)OC)[Si](C)(C)c1ccccc1. The molecule has 0 saturated heterocycles. The molecule has 0 fully saturated rings. The Kier molecular flexibility index (Phi) is 7.25. The minimum atomic E-state index is -1.82. The van der Waals surface area contributed by atoms with Crippen molar-refractivity contribution >= 4 is 19.2 Å². The maximum absolute atomic E-state index is 11.7. The summed E-state index contributed by atoms with van der Waals surface area (Å²) in [5, 5.41) is 1.34. The van der Waals surface area contributed by atoms with Crippen LogP contribution in [0.3, 0.4) is 0 Å². The van der Waals surface area contributed by atoms with Gasteiger partial charge in [-0.1, -0.05) is 62.0 Å². The summed E-state index contributed by atoms with van der Waals surface area (Å²) in [5.41, 5.74) is 0.101. The van der Waals surface area contributed by atoms with Crippen molar-refractivity contribution in [3.63, 3.8) is 0 Å². The molecule has 1 atom stereocenters. The topological polar surface area (TPSA) is 26.3 Å². The molecule has 1 rings (SSSR count). The summed E-state index contributed by atoms with van der Waals surface area (Å²) < 4.78 is 4.85. The summed E-state index contributed by atoms with van der Waals surface area (Å²) in [6.45, 7) is 6.73. The minimum Gasteiger partial charge on any atom is -0.469 e. The Bertz CT molecular complexity index is 497. The van der Waals surface area contributed by atoms with Crippen molar-refractivity contribution in [2.45, 2.75) is 51.2 Å². The molecule has 0 spiro atoms. The number of hydrogen-bond donors (Lipinski definition) is 0. The summed E-state index contributed by atoms with van der Waals surface area (Å²) in [5.74, 6) is 6.47. The maximum Gasteiger partial charge on any atom is 0.306 e. The number of unbranched alkanes of at least 4 members (excludes halogenated alkanes) is 2. The highest BCUT2D eigenvalue weighted by atomic mass is 28.3. The minimum absolute atomic E-state index is 0.101. The van der Waals surface area contributed by atoms with Gasteiger partial charge in [0.05, 0.1) is 21.6 Å². The van der Waals surface area contributed by atoms with Gasteiger partial charge in [0.15, 0.2) is 0 Å². The van der Waals surface area contributed by atoms with Crippen LogP contribution >= 0.6 is 0 Å². The molecular formula is C18H26O2Si. The van der Waals surface area contributed by atoms with Crippen LogP contribution in [-0.4, -0.2) is 21.2 Å². The number of esters is 1. The Morgan fingerprint density at radius 1 is 1.29 bits per heavy atom. The molecule has 1 aromatic rings. The van der Waals surface area contributed by atoms with E-state index in [2.05, 4.69) is 56.1 Å². The van der Waals surface area contributed by atoms with Gasteiger partial charge in [0.2, 0.25) is 0 Å². The first-order valence-electron chi connectivity index (χ1n) is 7.63. The zero-order valence-electron chi connectivity index (χ0n) is 13.6. The van der Waals surface area contributed by atoms with Gasteiger partial charge in [0, 0.05) is 12.0 Å². The first-order valence-corrected chi connectivity index (χ1v) is 10.7. The molecule has 0 radical (unpaired) electrons. The summed E-state index contributed by atoms with van der Waals surface area (Å²) in [7, 11) is -0.377. The second-order valence-electron chi connectivity index (χ2n) is 5.85. The third-order valence-electron chi connectivity index (χ3n) is 3.92. The summed E-state index contributed by atoms with van der Waals surface area (Å²) in [4.78, 5) is 11.7. The Morgan fingerprint density at radius 3 is 2.52 bits per heavy atom. The van der Waals surface area contributed by atoms with E-state index in [4.69, 9.17) is 4.74 Å². The molecule has 0 amide bonds. The van der Waals surface area contributed by atoms with Crippen molar-refractivity contribution in [1.82, 2.24) is 0 Å². The third-order valence-corrected chi connectivity index (χ3v) is 7.83. The van der Waals surface area contributed by atoms with Crippen LogP contribution in [0.4, 0.5) is 0 Å². The quantitative estimate of drug-likeness (QED) is 0.346. The molecule has 0 unspecified atom stereocenters. The first-order chi connectivity index (χ1) is 10.0. The van der Waals surface area contributed by atoms with Crippen molar-refractivity contribution in [1.29, 1.82) is 0 Å². The molecule has 0 aliphatic rings. The number of benzene rings is 1. The molecule has 114 valence electrons. The van der Waals surface area contributed by atoms with Crippen LogP contribution in [0.15, 0.2) is 30.3 Å². The fourth-order valence-electron chi connectivity index (χ4n) is 2.27. The van der Waals surface area contributed by atoms with E-state index >= 15 is 0 Å². The van der Waals surface area contributed by atoms with Crippen LogP contribution in [0.5, 0.6) is 0 Å². The number of carbonyl (C=O) groups is 1. The largest absolute Gasteiger partial charge is 0.469 e. The molecule has 3 heteroatoms. The van der Waals surface area contributed by atoms with Gasteiger partial charge >= 0.3 is 5.97 Å². The number of methoxy groups -OCH3 is 1. The highest BCUT2D eigenvalue weighted by Crippen LogP contribution is 2.25. The number of carbonyl (C=O) groups excluding carboxylic acids is 1. The van der Waals surface area contributed by atoms with E-state index in [1.807, 2.05) is 6.07 Å². The monoisotopic (exact) mass is 302 g/mol. The Morgan fingerprint density at radius 2 is 1.95 bits per heavy atom. The third kappa shape index (κ3) is 5.39. The lowest BCUT2D eigenvalue weighted by atomic mass is 10.2. The van der Waals surface area contributed by atoms with Crippen LogP contribution in [0.1, 0.15) is 32.6 Å². The summed E-state index contributed by atoms with van der Waals surface area (Å²) in [6, 6.07) is 10.5. The normalized spacial score (nSPS) is 12.2. The van der Waals surface area contributed by atoms with E-state index in [-0.39, 0.29) is 11.5 Å². The Hall–Kier alpha value is -1.53. The van der Waals surface area contributed by atoms with E-state index in [1.165, 1.54) is 12.3 Å². The molecule has 0 N–H and O–H groups in total. The number of rotatable bonds is 6. The first kappa shape index (κ1) is 17.5. The van der Waals surface area contributed by atoms with Gasteiger partial charge in [-0.15, -0.1) is 11.8 Å². The van der Waals surface area contributed by atoms with Gasteiger partial charge < -0.3 is 4.74 Å². The van der Waals surface area contributed by atoms with Gasteiger partial charge in [-0.25, -0.2) is 0 Å². The molecule has 0 bridgehead atoms. The summed E-state index contributed by atoms with van der Waals surface area (Å²) >= 11 is 0. The van der Waals surface area contributed by atoms with E-state index in [1.54, 1.807) is 0 Å². The molecule has 0 aromatic heterocycles. The second kappa shape index (κ2) is 8.69. The predicted molar refractivity (Wildman–Crippen MR) is 91.2 cm³/mol. The van der Waals surface area contributed by atoms with Crippen LogP contribution in [0.25, 0.3) is 0 Å². The molecule has 0 aliphatic heterocycles. The van der Waals surface area contributed by atoms with Crippen molar-refractivity contribution in [3.05, 3.63) is 30.3 Å². The van der Waals surface area contributed by atoms with Crippen molar-refractivity contribution in [3.8, 4) is 11.8 Å². The zero-order chi connectivity index (χ0) is 15.7. The molecule has 1 aromatic carbocycles. The van der Waals surface area contributed by atoms with E-state index in [0.717, 1.165) is 19.3 Å². The lowest BCUT2D eigenvalue weighted by molar-refractivity contribution is -0.140. The molecule has 2 nitrogen and oxygen atoms in total. The number of ether oxygens (including phenoxy) is 1.